The topological polar surface area (TPSA) is 128 Å². The molecule has 0 saturated heterocycles. The average molecular weight is 332 g/mol. The van der Waals surface area contributed by atoms with Crippen LogP contribution in [0, 0.1) is 0 Å². The minimum atomic E-state index is -2.07. The number of carbonyl (C=O) groups is 3. The zero-order chi connectivity index (χ0) is 18.3. The summed E-state index contributed by atoms with van der Waals surface area (Å²) in [6, 6.07) is -0.451. The smallest absolute Gasteiger partial charge is 0.338 e. The Kier molecular flexibility index (Phi) is 8.19. The van der Waals surface area contributed by atoms with E-state index in [2.05, 4.69) is 10.1 Å². The Morgan fingerprint density at radius 3 is 2.22 bits per heavy atom. The summed E-state index contributed by atoms with van der Waals surface area (Å²) in [6.07, 6.45) is 0.894. The van der Waals surface area contributed by atoms with Crippen LogP contribution in [-0.4, -0.2) is 53.9 Å². The fraction of sp³-hybridized carbons (Fsp3) is 0.800. The maximum atomic E-state index is 12.0. The van der Waals surface area contributed by atoms with Gasteiger partial charge in [-0.3, -0.25) is 4.79 Å². The van der Waals surface area contributed by atoms with Crippen LogP contribution in [-0.2, 0) is 23.9 Å². The van der Waals surface area contributed by atoms with Gasteiger partial charge in [0.25, 0.3) is 0 Å². The van der Waals surface area contributed by atoms with E-state index >= 15 is 0 Å². The van der Waals surface area contributed by atoms with Crippen molar-refractivity contribution in [2.24, 2.45) is 5.73 Å². The van der Waals surface area contributed by atoms with Crippen LogP contribution in [0.5, 0.6) is 0 Å². The van der Waals surface area contributed by atoms with Gasteiger partial charge in [-0.25, -0.2) is 9.59 Å². The lowest BCUT2D eigenvalue weighted by molar-refractivity contribution is -0.169. The minimum absolute atomic E-state index is 0.0501. The van der Waals surface area contributed by atoms with Crippen LogP contribution in [0.2, 0.25) is 0 Å². The van der Waals surface area contributed by atoms with Crippen LogP contribution >= 0.6 is 0 Å². The normalized spacial score (nSPS) is 15.4. The van der Waals surface area contributed by atoms with Gasteiger partial charge in [0, 0.05) is 0 Å². The van der Waals surface area contributed by atoms with Crippen molar-refractivity contribution in [3.05, 3.63) is 0 Å². The van der Waals surface area contributed by atoms with Crippen LogP contribution in [0.1, 0.15) is 47.0 Å². The number of methoxy groups -OCH3 is 1. The van der Waals surface area contributed by atoms with Gasteiger partial charge in [0.15, 0.2) is 0 Å². The molecule has 0 aromatic heterocycles. The molecule has 0 radical (unpaired) electrons. The number of ether oxygens (including phenoxy) is 2. The Morgan fingerprint density at radius 1 is 1.22 bits per heavy atom. The van der Waals surface area contributed by atoms with Gasteiger partial charge in [0.1, 0.15) is 11.6 Å². The van der Waals surface area contributed by atoms with Gasteiger partial charge in [0.05, 0.1) is 7.11 Å². The van der Waals surface area contributed by atoms with Crippen LogP contribution in [0.4, 0.5) is 0 Å². The van der Waals surface area contributed by atoms with E-state index in [0.717, 1.165) is 0 Å². The molecular weight excluding hydrogens is 304 g/mol. The first-order valence-corrected chi connectivity index (χ1v) is 7.51. The fourth-order valence-electron chi connectivity index (χ4n) is 1.77. The van der Waals surface area contributed by atoms with Gasteiger partial charge >= 0.3 is 17.9 Å². The number of aliphatic carboxylic acids is 1. The fourth-order valence-corrected chi connectivity index (χ4v) is 1.77. The highest BCUT2D eigenvalue weighted by Gasteiger charge is 2.44. The number of unbranched alkanes of at least 4 members (excludes halogenated alkanes) is 1. The van der Waals surface area contributed by atoms with Crippen LogP contribution < -0.4 is 11.1 Å². The zero-order valence-electron chi connectivity index (χ0n) is 14.5. The highest BCUT2D eigenvalue weighted by Crippen LogP contribution is 2.18. The predicted octanol–water partition coefficient (Wildman–Crippen LogP) is 0.432. The molecule has 0 heterocycles. The third kappa shape index (κ3) is 7.43. The summed E-state index contributed by atoms with van der Waals surface area (Å²) in [6.45, 7) is 7.07. The first kappa shape index (κ1) is 21.3. The van der Waals surface area contributed by atoms with Gasteiger partial charge in [-0.15, -0.1) is 0 Å². The molecule has 0 aliphatic heterocycles. The summed E-state index contributed by atoms with van der Waals surface area (Å²) in [5, 5.41) is 12.2. The summed E-state index contributed by atoms with van der Waals surface area (Å²) >= 11 is 0. The monoisotopic (exact) mass is 332 g/mol. The quantitative estimate of drug-likeness (QED) is 0.315. The Morgan fingerprint density at radius 2 is 1.78 bits per heavy atom. The largest absolute Gasteiger partial charge is 0.479 e. The molecule has 1 unspecified atom stereocenters. The molecule has 8 heteroatoms. The van der Waals surface area contributed by atoms with Gasteiger partial charge in [-0.1, -0.05) is 0 Å². The van der Waals surface area contributed by atoms with E-state index in [1.54, 1.807) is 27.7 Å². The summed E-state index contributed by atoms with van der Waals surface area (Å²) in [5.41, 5.74) is 2.86. The van der Waals surface area contributed by atoms with Crippen molar-refractivity contribution >= 4 is 17.9 Å². The number of esters is 2. The molecule has 23 heavy (non-hydrogen) atoms. The van der Waals surface area contributed by atoms with Crippen molar-refractivity contribution < 1.29 is 29.0 Å². The summed E-state index contributed by atoms with van der Waals surface area (Å²) in [7, 11) is 1.30. The molecule has 0 bridgehead atoms. The summed E-state index contributed by atoms with van der Waals surface area (Å²) < 4.78 is 9.66. The lowest BCUT2D eigenvalue weighted by Crippen LogP contribution is -2.57. The predicted molar refractivity (Wildman–Crippen MR) is 83.7 cm³/mol. The number of nitrogens with one attached hydrogen (secondary N) is 1. The number of nitrogens with two attached hydrogens (primary N) is 1. The molecule has 0 rings (SSSR count). The van der Waals surface area contributed by atoms with Crippen LogP contribution in [0.15, 0.2) is 0 Å². The molecule has 0 aromatic carbocycles. The van der Waals surface area contributed by atoms with E-state index in [4.69, 9.17) is 10.5 Å². The van der Waals surface area contributed by atoms with Crippen LogP contribution in [0.25, 0.3) is 0 Å². The molecule has 0 aliphatic carbocycles. The number of hydrogen-bond donors (Lipinski definition) is 3. The van der Waals surface area contributed by atoms with Gasteiger partial charge in [-0.2, -0.15) is 0 Å². The zero-order valence-corrected chi connectivity index (χ0v) is 14.5. The Labute approximate surface area is 136 Å². The highest BCUT2D eigenvalue weighted by atomic mass is 16.6. The molecule has 0 amide bonds. The highest BCUT2D eigenvalue weighted by molar-refractivity contribution is 6.03. The number of carboxylic acid groups (broad SMARTS) is 1. The molecule has 0 fully saturated rings. The second-order valence-corrected chi connectivity index (χ2v) is 6.43. The average Bonchev–Trinajstić information content (AvgIpc) is 2.43. The van der Waals surface area contributed by atoms with E-state index < -0.39 is 29.1 Å². The number of hydrogen-bond acceptors (Lipinski definition) is 7. The van der Waals surface area contributed by atoms with Crippen molar-refractivity contribution in [1.82, 2.24) is 5.32 Å². The van der Waals surface area contributed by atoms with Gasteiger partial charge < -0.3 is 25.6 Å². The van der Waals surface area contributed by atoms with E-state index in [-0.39, 0.29) is 12.4 Å². The van der Waals surface area contributed by atoms with Crippen molar-refractivity contribution in [3.8, 4) is 0 Å². The van der Waals surface area contributed by atoms with Gasteiger partial charge in [0.2, 0.25) is 5.54 Å². The van der Waals surface area contributed by atoms with Gasteiger partial charge in [-0.05, 0) is 53.5 Å². The first-order chi connectivity index (χ1) is 10.4. The number of carbonyl (C=O) groups excluding carboxylic acids is 2. The van der Waals surface area contributed by atoms with Crippen molar-refractivity contribution in [2.45, 2.75) is 64.1 Å². The molecule has 8 nitrogen and oxygen atoms in total. The third-order valence-corrected chi connectivity index (χ3v) is 3.15. The lowest BCUT2D eigenvalue weighted by atomic mass is 9.93. The lowest BCUT2D eigenvalue weighted by Gasteiger charge is -2.28. The molecule has 0 saturated carbocycles. The summed E-state index contributed by atoms with van der Waals surface area (Å²) in [5.74, 6) is -2.74. The van der Waals surface area contributed by atoms with E-state index in [9.17, 15) is 19.5 Å². The maximum absolute atomic E-state index is 12.0. The number of carboxylic acids is 1. The molecule has 4 N–H and O–H groups in total. The molecule has 134 valence electrons. The second kappa shape index (κ2) is 8.83. The molecule has 2 atom stereocenters. The summed E-state index contributed by atoms with van der Waals surface area (Å²) in [4.78, 5) is 34.6. The molecular formula is C15H28N2O6. The van der Waals surface area contributed by atoms with Crippen LogP contribution in [0.3, 0.4) is 0 Å². The van der Waals surface area contributed by atoms with E-state index in [0.29, 0.717) is 19.4 Å². The van der Waals surface area contributed by atoms with Crippen molar-refractivity contribution in [2.75, 3.05) is 13.7 Å². The second-order valence-electron chi connectivity index (χ2n) is 6.43. The Hall–Kier alpha value is -1.67. The third-order valence-electron chi connectivity index (χ3n) is 3.15. The molecule has 0 aromatic rings. The standard InChI is InChI=1S/C15H28N2O6/c1-10(11(18)22-5)17-9-7-6-8-15(16,12(19)20)13(21)23-14(2,3)4/h10,17H,6-9,16H2,1-5H3,(H,19,20)/t10?,15-/m0/s1. The molecule has 0 spiro atoms. The maximum Gasteiger partial charge on any atom is 0.338 e. The van der Waals surface area contributed by atoms with Crippen molar-refractivity contribution in [1.29, 1.82) is 0 Å². The van der Waals surface area contributed by atoms with Crippen molar-refractivity contribution in [3.63, 3.8) is 0 Å². The Bertz CT molecular complexity index is 432. The number of rotatable bonds is 9. The first-order valence-electron chi connectivity index (χ1n) is 7.51. The van der Waals surface area contributed by atoms with E-state index in [1.165, 1.54) is 7.11 Å². The minimum Gasteiger partial charge on any atom is -0.479 e. The van der Waals surface area contributed by atoms with E-state index in [1.807, 2.05) is 0 Å². The Balaban J connectivity index is 4.42. The SMILES string of the molecule is COC(=O)C(C)NCCCC[C@](N)(C(=O)O)C(=O)OC(C)(C)C. The molecule has 0 aliphatic rings.